The maximum absolute atomic E-state index is 11.5. The number of esters is 1. The van der Waals surface area contributed by atoms with E-state index in [-0.39, 0.29) is 68.6 Å². The SMILES string of the molecule is CCCCCCCC/C=C\CCCCCCCCOC(=O)CC(C(=O)O)S(=O)(=O)O.[H-].[H-].[Na+].[Na+]. The number of rotatable bonds is 20. The van der Waals surface area contributed by atoms with E-state index in [4.69, 9.17) is 14.4 Å². The molecule has 7 nitrogen and oxygen atoms in total. The average molecular weight is 497 g/mol. The Hall–Kier alpha value is 0.590. The molecule has 0 aliphatic carbocycles. The molecule has 0 saturated heterocycles. The molecule has 0 aliphatic heterocycles. The van der Waals surface area contributed by atoms with Crippen LogP contribution in [0.15, 0.2) is 12.2 Å². The predicted molar refractivity (Wildman–Crippen MR) is 120 cm³/mol. The topological polar surface area (TPSA) is 118 Å². The van der Waals surface area contributed by atoms with Crippen molar-refractivity contribution in [3.63, 3.8) is 0 Å². The van der Waals surface area contributed by atoms with Crippen molar-refractivity contribution in [1.82, 2.24) is 0 Å². The zero-order valence-corrected chi connectivity index (χ0v) is 25.2. The Morgan fingerprint density at radius 2 is 1.28 bits per heavy atom. The summed E-state index contributed by atoms with van der Waals surface area (Å²) in [6.07, 6.45) is 20.0. The van der Waals surface area contributed by atoms with Crippen molar-refractivity contribution >= 4 is 22.1 Å². The fourth-order valence-electron chi connectivity index (χ4n) is 3.07. The van der Waals surface area contributed by atoms with Crippen LogP contribution in [0.3, 0.4) is 0 Å². The van der Waals surface area contributed by atoms with Gasteiger partial charge in [-0.25, -0.2) is 0 Å². The number of carboxylic acid groups (broad SMARTS) is 1. The summed E-state index contributed by atoms with van der Waals surface area (Å²) >= 11 is 0. The predicted octanol–water partition coefficient (Wildman–Crippen LogP) is -0.469. The van der Waals surface area contributed by atoms with Gasteiger partial charge >= 0.3 is 71.1 Å². The molecule has 0 amide bonds. The number of hydrogen-bond donors (Lipinski definition) is 2. The molecule has 0 aromatic carbocycles. The third-order valence-electron chi connectivity index (χ3n) is 4.91. The number of aliphatic carboxylic acids is 1. The van der Waals surface area contributed by atoms with Crippen LogP contribution in [0.1, 0.15) is 106 Å². The van der Waals surface area contributed by atoms with Crippen LogP contribution in [-0.2, 0) is 24.4 Å². The van der Waals surface area contributed by atoms with Crippen molar-refractivity contribution in [3.05, 3.63) is 12.2 Å². The standard InChI is InChI=1S/C22H40O7S.2Na.2H/c1-2-3-4-5-6-7-8-9-10-11-12-13-14-15-16-17-18-29-21(23)19-20(22(24)25)30(26,27)28;;;;/h9-10,20H,2-8,11-19H2,1H3,(H,24,25)(H,26,27,28);;;;/q;2*+1;2*-1/b10-9-;;;;. The fraction of sp³-hybridized carbons (Fsp3) is 0.818. The van der Waals surface area contributed by atoms with Gasteiger partial charge in [0.1, 0.15) is 0 Å². The number of carbonyl (C=O) groups is 2. The van der Waals surface area contributed by atoms with E-state index in [0.717, 1.165) is 32.1 Å². The van der Waals surface area contributed by atoms with E-state index in [1.165, 1.54) is 51.4 Å². The quantitative estimate of drug-likeness (QED) is 0.0769. The van der Waals surface area contributed by atoms with Gasteiger partial charge in [0, 0.05) is 0 Å². The van der Waals surface area contributed by atoms with Crippen LogP contribution in [-0.4, -0.2) is 41.9 Å². The summed E-state index contributed by atoms with van der Waals surface area (Å²) in [5, 5.41) is 6.55. The molecule has 10 heteroatoms. The molecule has 1 atom stereocenters. The van der Waals surface area contributed by atoms with Crippen LogP contribution in [0.5, 0.6) is 0 Å². The van der Waals surface area contributed by atoms with Crippen LogP contribution in [0.2, 0.25) is 0 Å². The first-order valence-corrected chi connectivity index (χ1v) is 12.8. The number of hydrogen-bond acceptors (Lipinski definition) is 5. The molecule has 0 heterocycles. The third-order valence-corrected chi connectivity index (χ3v) is 5.99. The Morgan fingerprint density at radius 1 is 0.844 bits per heavy atom. The van der Waals surface area contributed by atoms with Gasteiger partial charge in [-0.2, -0.15) is 8.42 Å². The minimum absolute atomic E-state index is 0. The van der Waals surface area contributed by atoms with Gasteiger partial charge < -0.3 is 12.7 Å². The molecular formula is C22H42Na2O7S. The van der Waals surface area contributed by atoms with E-state index in [1.807, 2.05) is 0 Å². The van der Waals surface area contributed by atoms with Crippen molar-refractivity contribution in [3.8, 4) is 0 Å². The molecule has 0 saturated carbocycles. The van der Waals surface area contributed by atoms with Crippen molar-refractivity contribution in [2.75, 3.05) is 6.61 Å². The van der Waals surface area contributed by atoms with Gasteiger partial charge in [0.25, 0.3) is 10.1 Å². The zero-order valence-electron chi connectivity index (χ0n) is 22.4. The minimum atomic E-state index is -4.83. The Balaban J connectivity index is -0.000000701. The second kappa shape index (κ2) is 24.7. The van der Waals surface area contributed by atoms with Gasteiger partial charge in [-0.3, -0.25) is 14.1 Å². The van der Waals surface area contributed by atoms with Crippen molar-refractivity contribution in [2.24, 2.45) is 0 Å². The van der Waals surface area contributed by atoms with Crippen LogP contribution in [0.25, 0.3) is 0 Å². The van der Waals surface area contributed by atoms with Gasteiger partial charge in [0.05, 0.1) is 13.0 Å². The second-order valence-corrected chi connectivity index (χ2v) is 9.30. The molecule has 0 spiro atoms. The smallest absolute Gasteiger partial charge is 1.00 e. The minimum Gasteiger partial charge on any atom is -1.00 e. The number of unbranched alkanes of at least 4 members (excludes halogenated alkanes) is 12. The Morgan fingerprint density at radius 3 is 1.72 bits per heavy atom. The summed E-state index contributed by atoms with van der Waals surface area (Å²) in [6, 6.07) is 0. The molecule has 32 heavy (non-hydrogen) atoms. The fourth-order valence-corrected chi connectivity index (χ4v) is 3.67. The van der Waals surface area contributed by atoms with Crippen LogP contribution in [0.4, 0.5) is 0 Å². The van der Waals surface area contributed by atoms with Crippen LogP contribution >= 0.6 is 0 Å². The third kappa shape index (κ3) is 23.7. The largest absolute Gasteiger partial charge is 1.00 e. The molecule has 0 aliphatic rings. The van der Waals surface area contributed by atoms with Gasteiger partial charge in [-0.05, 0) is 32.1 Å². The summed E-state index contributed by atoms with van der Waals surface area (Å²) in [6.45, 7) is 2.36. The number of allylic oxidation sites excluding steroid dienone is 2. The van der Waals surface area contributed by atoms with E-state index in [2.05, 4.69) is 19.1 Å². The molecule has 1 unspecified atom stereocenters. The molecule has 0 aromatic heterocycles. The molecule has 180 valence electrons. The Labute approximate surface area is 241 Å². The Bertz CT molecular complexity index is 606. The summed E-state index contributed by atoms with van der Waals surface area (Å²) in [5.41, 5.74) is 0. The molecule has 0 fully saturated rings. The molecule has 0 bridgehead atoms. The van der Waals surface area contributed by atoms with Gasteiger partial charge in [0.2, 0.25) is 0 Å². The van der Waals surface area contributed by atoms with E-state index < -0.39 is 33.7 Å². The number of ether oxygens (including phenoxy) is 1. The van der Waals surface area contributed by atoms with Crippen molar-refractivity contribution < 1.29 is 94.4 Å². The zero-order chi connectivity index (χ0) is 22.7. The van der Waals surface area contributed by atoms with E-state index in [1.54, 1.807) is 0 Å². The monoisotopic (exact) mass is 496 g/mol. The molecular weight excluding hydrogens is 454 g/mol. The molecule has 0 rings (SSSR count). The number of carbonyl (C=O) groups excluding carboxylic acids is 1. The molecule has 0 radical (unpaired) electrons. The maximum Gasteiger partial charge on any atom is 1.00 e. The maximum atomic E-state index is 11.5. The first-order valence-electron chi connectivity index (χ1n) is 11.3. The van der Waals surface area contributed by atoms with Crippen LogP contribution < -0.4 is 59.1 Å². The Kier molecular flexibility index (Phi) is 28.7. The molecule has 2 N–H and O–H groups in total. The van der Waals surface area contributed by atoms with Crippen LogP contribution in [0, 0.1) is 0 Å². The van der Waals surface area contributed by atoms with Gasteiger partial charge in [0.15, 0.2) is 5.25 Å². The van der Waals surface area contributed by atoms with E-state index >= 15 is 0 Å². The van der Waals surface area contributed by atoms with E-state index in [9.17, 15) is 18.0 Å². The normalized spacial score (nSPS) is 12.1. The first-order chi connectivity index (χ1) is 14.3. The number of carboxylic acids is 1. The summed E-state index contributed by atoms with van der Waals surface area (Å²) < 4.78 is 35.5. The first kappa shape index (κ1) is 37.1. The average Bonchev–Trinajstić information content (AvgIpc) is 2.67. The van der Waals surface area contributed by atoms with Crippen molar-refractivity contribution in [2.45, 2.75) is 108 Å². The summed E-state index contributed by atoms with van der Waals surface area (Å²) in [7, 11) is -4.83. The van der Waals surface area contributed by atoms with Gasteiger partial charge in [-0.15, -0.1) is 0 Å². The van der Waals surface area contributed by atoms with Gasteiger partial charge in [-0.1, -0.05) is 76.9 Å². The summed E-state index contributed by atoms with van der Waals surface area (Å²) in [4.78, 5) is 22.3. The molecule has 0 aromatic rings. The van der Waals surface area contributed by atoms with Crippen molar-refractivity contribution in [1.29, 1.82) is 0 Å². The van der Waals surface area contributed by atoms with E-state index in [0.29, 0.717) is 6.42 Å². The summed E-state index contributed by atoms with van der Waals surface area (Å²) in [5.74, 6) is -2.71. The second-order valence-electron chi connectivity index (χ2n) is 7.70.